The number of amides is 4. The van der Waals surface area contributed by atoms with Gasteiger partial charge in [0.1, 0.15) is 19.1 Å². The number of hydrogen-bond donors (Lipinski definition) is 3. The Bertz CT molecular complexity index is 1170. The van der Waals surface area contributed by atoms with Gasteiger partial charge in [-0.3, -0.25) is 14.4 Å². The van der Waals surface area contributed by atoms with E-state index in [4.69, 9.17) is 5.11 Å². The fourth-order valence-corrected chi connectivity index (χ4v) is 5.91. The van der Waals surface area contributed by atoms with Gasteiger partial charge in [-0.25, -0.2) is 9.78 Å². The van der Waals surface area contributed by atoms with Crippen molar-refractivity contribution in [1.82, 2.24) is 20.1 Å². The van der Waals surface area contributed by atoms with Gasteiger partial charge >= 0.3 is 12.3 Å². The van der Waals surface area contributed by atoms with Crippen molar-refractivity contribution in [2.75, 3.05) is 38.1 Å². The van der Waals surface area contributed by atoms with Crippen molar-refractivity contribution >= 4 is 30.1 Å². The number of hydrogen-bond acceptors (Lipinski definition) is 9. The Kier molecular flexibility index (Phi) is 15.1. The first-order valence-corrected chi connectivity index (χ1v) is 15.4. The van der Waals surface area contributed by atoms with Gasteiger partial charge in [-0.05, 0) is 55.1 Å². The number of carbonyl (C=O) groups is 4. The summed E-state index contributed by atoms with van der Waals surface area (Å²) in [6.07, 6.45) is 0.229. The summed E-state index contributed by atoms with van der Waals surface area (Å²) in [5, 5.41) is 16.2. The average Bonchev–Trinajstić information content (AvgIpc) is 3.56. The minimum Gasteiger partial charge on any atom is -0.504 e. The van der Waals surface area contributed by atoms with Crippen LogP contribution in [0.5, 0.6) is 5.75 Å². The molecule has 4 rings (SSSR count). The van der Waals surface area contributed by atoms with Gasteiger partial charge in [-0.1, -0.05) is 45.7 Å². The predicted octanol–water partition coefficient (Wildman–Crippen LogP) is 4.31. The molecule has 0 spiro atoms. The normalized spacial score (nSPS) is 23.6. The zero-order valence-corrected chi connectivity index (χ0v) is 26.7. The third-order valence-corrected chi connectivity index (χ3v) is 7.64. The SMILES string of the molecule is CC(C)C.CC1CC(CN=O)N(C(=O)[C@@H]2C3CCCCC3CN2C(=O)CNC(=O)OCC(F)(F)F)C1.O=CNc1ncccc1O. The number of nitroso groups, excluding NO2 is 1. The van der Waals surface area contributed by atoms with Crippen molar-refractivity contribution < 1.29 is 42.2 Å². The van der Waals surface area contributed by atoms with Crippen LogP contribution in [0.15, 0.2) is 23.5 Å². The molecule has 1 aromatic heterocycles. The first-order valence-electron chi connectivity index (χ1n) is 15.4. The largest absolute Gasteiger partial charge is 0.504 e. The molecule has 4 unspecified atom stereocenters. The minimum atomic E-state index is -4.66. The first-order chi connectivity index (χ1) is 21.7. The highest BCUT2D eigenvalue weighted by atomic mass is 19.4. The third kappa shape index (κ3) is 12.1. The Labute approximate surface area is 266 Å². The standard InChI is InChI=1S/C20H29F3N4O5.C6H6N2O2.C4H10/c1-12-6-14(7-25-31)26(9-12)18(29)17-15-5-3-2-4-13(15)10-27(17)16(28)8-24-19(30)32-11-20(21,22)23;9-4-8-6-5(10)2-1-3-7-6;1-4(2)3/h12-15,17H,2-11H2,1H3,(H,24,30);1-4,10H,(H,7,8,9);4H,1-3H3/t12?,13?,14?,15?,17-;;/m0../s1. The number of rotatable bonds is 8. The summed E-state index contributed by atoms with van der Waals surface area (Å²) in [5.41, 5.74) is 0. The molecule has 4 amide bonds. The van der Waals surface area contributed by atoms with E-state index in [2.05, 4.69) is 41.0 Å². The molecule has 1 aliphatic carbocycles. The quantitative estimate of drug-likeness (QED) is 0.274. The Balaban J connectivity index is 0.000000435. The molecule has 46 heavy (non-hydrogen) atoms. The lowest BCUT2D eigenvalue weighted by Gasteiger charge is -2.34. The summed E-state index contributed by atoms with van der Waals surface area (Å²) in [4.78, 5) is 65.4. The fourth-order valence-electron chi connectivity index (χ4n) is 5.91. The molecule has 1 aromatic rings. The number of ether oxygens (including phenoxy) is 1. The average molecular weight is 659 g/mol. The number of halogens is 3. The molecule has 0 bridgehead atoms. The number of aromatic hydroxyl groups is 1. The van der Waals surface area contributed by atoms with Crippen molar-refractivity contribution in [2.45, 2.75) is 78.1 Å². The van der Waals surface area contributed by atoms with E-state index >= 15 is 0 Å². The van der Waals surface area contributed by atoms with Crippen LogP contribution in [0.2, 0.25) is 0 Å². The van der Waals surface area contributed by atoms with Gasteiger partial charge in [0.25, 0.3) is 0 Å². The Morgan fingerprint density at radius 1 is 1.17 bits per heavy atom. The number of pyridine rings is 1. The molecule has 258 valence electrons. The molecule has 3 N–H and O–H groups in total. The van der Waals surface area contributed by atoms with Crippen LogP contribution in [-0.4, -0.2) is 95.3 Å². The number of nitrogens with zero attached hydrogens (tertiary/aromatic N) is 4. The molecule has 2 saturated heterocycles. The van der Waals surface area contributed by atoms with Crippen molar-refractivity contribution in [3.63, 3.8) is 0 Å². The second-order valence-electron chi connectivity index (χ2n) is 12.4. The van der Waals surface area contributed by atoms with Crippen LogP contribution in [0.4, 0.5) is 23.8 Å². The maximum atomic E-state index is 13.6. The lowest BCUT2D eigenvalue weighted by molar-refractivity contribution is -0.160. The number of anilines is 1. The first kappa shape index (κ1) is 38.2. The van der Waals surface area contributed by atoms with Crippen LogP contribution in [0.25, 0.3) is 0 Å². The molecular formula is C30H45F3N6O7. The maximum absolute atomic E-state index is 13.6. The van der Waals surface area contributed by atoms with Crippen molar-refractivity contribution in [3.8, 4) is 5.75 Å². The molecule has 1 saturated carbocycles. The van der Waals surface area contributed by atoms with Crippen LogP contribution in [0.3, 0.4) is 0 Å². The smallest absolute Gasteiger partial charge is 0.422 e. The Morgan fingerprint density at radius 3 is 2.46 bits per heavy atom. The van der Waals surface area contributed by atoms with Gasteiger partial charge in [0, 0.05) is 19.3 Å². The van der Waals surface area contributed by atoms with Gasteiger partial charge in [-0.15, -0.1) is 0 Å². The molecule has 3 heterocycles. The van der Waals surface area contributed by atoms with E-state index in [9.17, 15) is 37.3 Å². The number of alkyl carbamates (subject to hydrolysis) is 1. The second-order valence-corrected chi connectivity index (χ2v) is 12.4. The van der Waals surface area contributed by atoms with Gasteiger partial charge in [0.2, 0.25) is 18.2 Å². The van der Waals surface area contributed by atoms with Crippen molar-refractivity contribution in [1.29, 1.82) is 0 Å². The highest BCUT2D eigenvalue weighted by Gasteiger charge is 2.50. The van der Waals surface area contributed by atoms with Crippen molar-refractivity contribution in [3.05, 3.63) is 23.2 Å². The maximum Gasteiger partial charge on any atom is 0.422 e. The number of fused-ring (bicyclic) bond motifs is 1. The number of alkyl halides is 3. The summed E-state index contributed by atoms with van der Waals surface area (Å²) in [5.74, 6) is 0.569. The zero-order valence-electron chi connectivity index (χ0n) is 26.7. The topological polar surface area (TPSA) is 171 Å². The van der Waals surface area contributed by atoms with Crippen LogP contribution < -0.4 is 10.6 Å². The summed E-state index contributed by atoms with van der Waals surface area (Å²) < 4.78 is 40.6. The van der Waals surface area contributed by atoms with Crippen molar-refractivity contribution in [2.24, 2.45) is 28.8 Å². The molecule has 0 aromatic carbocycles. The lowest BCUT2D eigenvalue weighted by atomic mass is 9.78. The van der Waals surface area contributed by atoms with Gasteiger partial charge in [0.05, 0.1) is 6.04 Å². The number of nitrogens with one attached hydrogen (secondary N) is 2. The van der Waals surface area contributed by atoms with Gasteiger partial charge in [-0.2, -0.15) is 18.1 Å². The molecule has 16 heteroatoms. The molecule has 5 atom stereocenters. The van der Waals surface area contributed by atoms with E-state index in [0.29, 0.717) is 25.9 Å². The van der Waals surface area contributed by atoms with E-state index in [1.54, 1.807) is 11.0 Å². The zero-order chi connectivity index (χ0) is 34.4. The lowest BCUT2D eigenvalue weighted by Crippen LogP contribution is -2.53. The number of carbonyl (C=O) groups excluding carboxylic acids is 4. The third-order valence-electron chi connectivity index (χ3n) is 7.64. The van der Waals surface area contributed by atoms with E-state index in [1.807, 2.05) is 12.2 Å². The van der Waals surface area contributed by atoms with E-state index in [-0.39, 0.29) is 47.8 Å². The van der Waals surface area contributed by atoms with Crippen LogP contribution in [0.1, 0.15) is 59.8 Å². The highest BCUT2D eigenvalue weighted by molar-refractivity contribution is 5.91. The summed E-state index contributed by atoms with van der Waals surface area (Å²) in [6.45, 7) is 7.02. The van der Waals surface area contributed by atoms with E-state index in [0.717, 1.165) is 31.6 Å². The monoisotopic (exact) mass is 658 g/mol. The Morgan fingerprint density at radius 2 is 1.85 bits per heavy atom. The summed E-state index contributed by atoms with van der Waals surface area (Å²) in [6, 6.07) is 2.01. The molecule has 3 aliphatic rings. The summed E-state index contributed by atoms with van der Waals surface area (Å²) in [7, 11) is 0. The summed E-state index contributed by atoms with van der Waals surface area (Å²) >= 11 is 0. The van der Waals surface area contributed by atoms with Crippen LogP contribution in [0, 0.1) is 28.6 Å². The van der Waals surface area contributed by atoms with Crippen LogP contribution >= 0.6 is 0 Å². The van der Waals surface area contributed by atoms with E-state index < -0.39 is 37.4 Å². The molecular weight excluding hydrogens is 613 g/mol. The van der Waals surface area contributed by atoms with Gasteiger partial charge < -0.3 is 30.3 Å². The number of likely N-dealkylation sites (tertiary alicyclic amines) is 2. The highest BCUT2D eigenvalue weighted by Crippen LogP contribution is 2.42. The predicted molar refractivity (Wildman–Crippen MR) is 162 cm³/mol. The van der Waals surface area contributed by atoms with Crippen LogP contribution in [-0.2, 0) is 19.1 Å². The fraction of sp³-hybridized carbons (Fsp3) is 0.700. The number of aromatic nitrogens is 1. The van der Waals surface area contributed by atoms with E-state index in [1.165, 1.54) is 17.2 Å². The second kappa shape index (κ2) is 18.2. The molecule has 0 radical (unpaired) electrons. The minimum absolute atomic E-state index is 0.00254. The molecule has 2 aliphatic heterocycles. The molecule has 13 nitrogen and oxygen atoms in total. The molecule has 3 fully saturated rings. The van der Waals surface area contributed by atoms with Gasteiger partial charge in [0.15, 0.2) is 18.2 Å². The Hall–Kier alpha value is -3.98.